The molecule has 8 rings (SSSR count). The molecule has 7 aliphatic heterocycles. The van der Waals surface area contributed by atoms with Crippen molar-refractivity contribution >= 4 is 5.97 Å². The van der Waals surface area contributed by atoms with E-state index in [2.05, 4.69) is 32.9 Å². The highest BCUT2D eigenvalue weighted by Crippen LogP contribution is 2.47. The Balaban J connectivity index is 1.01. The van der Waals surface area contributed by atoms with Crippen LogP contribution in [0.3, 0.4) is 0 Å². The molecule has 8 aliphatic rings. The van der Waals surface area contributed by atoms with Crippen molar-refractivity contribution in [1.82, 2.24) is 0 Å². The number of aliphatic hydroxyl groups excluding tert-OH is 4. The molecule has 24 unspecified atom stereocenters. The molecular weight excluding hydrogens is 937 g/mol. The minimum absolute atomic E-state index is 0.00966. The third-order valence-corrected chi connectivity index (χ3v) is 16.5. The smallest absolute Gasteiger partial charge is 0.316 e. The summed E-state index contributed by atoms with van der Waals surface area (Å²) in [6.07, 6.45) is 3.50. The van der Waals surface area contributed by atoms with Crippen LogP contribution in [0.1, 0.15) is 100 Å². The third-order valence-electron chi connectivity index (χ3n) is 16.5. The molecule has 1 aliphatic carbocycles. The fourth-order valence-corrected chi connectivity index (χ4v) is 12.1. The number of allylic oxidation sites excluding steroid dienone is 2. The van der Waals surface area contributed by atoms with E-state index in [0.29, 0.717) is 36.8 Å². The van der Waals surface area contributed by atoms with Crippen LogP contribution in [0.25, 0.3) is 0 Å². The van der Waals surface area contributed by atoms with Gasteiger partial charge in [-0.15, -0.1) is 0 Å². The Morgan fingerprint density at radius 2 is 1.47 bits per heavy atom. The molecule has 0 saturated carbocycles. The van der Waals surface area contributed by atoms with Crippen LogP contribution in [0.5, 0.6) is 0 Å². The van der Waals surface area contributed by atoms with Gasteiger partial charge in [-0.3, -0.25) is 4.79 Å². The molecule has 72 heavy (non-hydrogen) atoms. The first-order valence-corrected chi connectivity index (χ1v) is 26.3. The monoisotopic (exact) mass is 1020 g/mol. The molecule has 0 aromatic heterocycles. The van der Waals surface area contributed by atoms with Gasteiger partial charge in [-0.2, -0.15) is 0 Å². The van der Waals surface area contributed by atoms with Crippen LogP contribution in [0, 0.1) is 23.7 Å². The van der Waals surface area contributed by atoms with Gasteiger partial charge in [0.05, 0.1) is 62.0 Å². The minimum atomic E-state index is -1.86. The number of methoxy groups -OCH3 is 2. The van der Waals surface area contributed by atoms with Gasteiger partial charge in [-0.05, 0) is 62.8 Å². The largest absolute Gasteiger partial charge is 0.462 e. The van der Waals surface area contributed by atoms with Crippen LogP contribution in [-0.2, 0) is 61.6 Å². The highest BCUT2D eigenvalue weighted by atomic mass is 16.8. The molecule has 5 fully saturated rings. The minimum Gasteiger partial charge on any atom is -0.462 e. The van der Waals surface area contributed by atoms with Crippen molar-refractivity contribution in [3.05, 3.63) is 59.3 Å². The Bertz CT molecular complexity index is 2010. The van der Waals surface area contributed by atoms with E-state index in [1.165, 1.54) is 0 Å². The summed E-state index contributed by atoms with van der Waals surface area (Å²) in [4.78, 5) is 14.4. The average molecular weight is 1020 g/mol. The first-order valence-electron chi connectivity index (χ1n) is 26.3. The zero-order valence-electron chi connectivity index (χ0n) is 43.7. The van der Waals surface area contributed by atoms with Gasteiger partial charge in [0.15, 0.2) is 24.7 Å². The number of fused-ring (bicyclic) bond motifs is 2. The van der Waals surface area contributed by atoms with Crippen molar-refractivity contribution in [2.24, 2.45) is 23.7 Å². The fraction of sp³-hybridized carbons (Fsp3) is 0.796. The molecule has 0 aromatic rings. The lowest BCUT2D eigenvalue weighted by Crippen LogP contribution is -2.58. The van der Waals surface area contributed by atoms with E-state index in [0.717, 1.165) is 12.0 Å². The molecule has 18 heteroatoms. The average Bonchev–Trinajstić information content (AvgIpc) is 3.69. The molecule has 24 atom stereocenters. The van der Waals surface area contributed by atoms with Crippen molar-refractivity contribution < 1.29 is 87.2 Å². The second-order valence-electron chi connectivity index (χ2n) is 21.6. The van der Waals surface area contributed by atoms with Crippen LogP contribution >= 0.6 is 0 Å². The van der Waals surface area contributed by atoms with E-state index in [4.69, 9.17) is 56.8 Å². The predicted octanol–water partition coefficient (Wildman–Crippen LogP) is 4.23. The summed E-state index contributed by atoms with van der Waals surface area (Å²) in [6, 6.07) is 0. The van der Waals surface area contributed by atoms with Crippen molar-refractivity contribution in [3.63, 3.8) is 0 Å². The van der Waals surface area contributed by atoms with Crippen LogP contribution < -0.4 is 0 Å². The quantitative estimate of drug-likeness (QED) is 0.144. The molecular formula is C54H82O18. The van der Waals surface area contributed by atoms with E-state index in [1.54, 1.807) is 33.3 Å². The van der Waals surface area contributed by atoms with E-state index in [1.807, 2.05) is 45.9 Å². The number of hydrogen-bond donors (Lipinski definition) is 5. The summed E-state index contributed by atoms with van der Waals surface area (Å²) in [5.41, 5.74) is 0.0433. The highest BCUT2D eigenvalue weighted by molar-refractivity contribution is 5.78. The summed E-state index contributed by atoms with van der Waals surface area (Å²) in [6.45, 7) is 15.5. The third kappa shape index (κ3) is 11.6. The fourth-order valence-electron chi connectivity index (χ4n) is 12.1. The zero-order valence-corrected chi connectivity index (χ0v) is 43.7. The molecule has 0 aromatic carbocycles. The molecule has 7 heterocycles. The van der Waals surface area contributed by atoms with Crippen LogP contribution in [0.15, 0.2) is 59.3 Å². The number of esters is 1. The second-order valence-corrected chi connectivity index (χ2v) is 21.6. The van der Waals surface area contributed by atoms with Gasteiger partial charge in [0.1, 0.15) is 54.2 Å². The summed E-state index contributed by atoms with van der Waals surface area (Å²) in [5.74, 6) is -2.71. The van der Waals surface area contributed by atoms with Gasteiger partial charge < -0.3 is 82.4 Å². The lowest BCUT2D eigenvalue weighted by atomic mass is 9.71. The molecule has 5 saturated heterocycles. The van der Waals surface area contributed by atoms with E-state index in [9.17, 15) is 30.3 Å². The van der Waals surface area contributed by atoms with E-state index < -0.39 is 134 Å². The molecule has 18 nitrogen and oxygen atoms in total. The van der Waals surface area contributed by atoms with Gasteiger partial charge in [-0.1, -0.05) is 70.6 Å². The van der Waals surface area contributed by atoms with E-state index >= 15 is 0 Å². The standard InChI is InChI=1S/C54H82O18/c1-11-27(2)48-30(5)17-18-53(72-48)24-36-20-35(71-53)16-15-29(4)47(28(3)13-12-14-34-26-63-51-45(57)31(6)19-37(52(59)66-36)54(34,51)60)68-43-22-39(61-9)50(33(8)64-43)70-44-23-40(62-10)49(32(7)65-44)69-42-21-38(56)46(58)41(25-55)67-42/h12-15,17-19,27-28,30,32-33,35-51,55-58,60H,11,16,20-26H2,1-10H3. The lowest BCUT2D eigenvalue weighted by Gasteiger charge is -2.48. The highest BCUT2D eigenvalue weighted by Gasteiger charge is 2.60. The van der Waals surface area contributed by atoms with Crippen LogP contribution in [0.2, 0.25) is 0 Å². The number of carbonyl (C=O) groups excluding carboxylic acids is 1. The Kier molecular flexibility index (Phi) is 18.1. The number of carbonyl (C=O) groups is 1. The molecule has 0 amide bonds. The first-order chi connectivity index (χ1) is 34.3. The summed E-state index contributed by atoms with van der Waals surface area (Å²) >= 11 is 0. The van der Waals surface area contributed by atoms with Crippen LogP contribution in [-0.4, -0.2) is 181 Å². The van der Waals surface area contributed by atoms with E-state index in [-0.39, 0.29) is 43.3 Å². The van der Waals surface area contributed by atoms with Gasteiger partial charge >= 0.3 is 5.97 Å². The second kappa shape index (κ2) is 23.4. The molecule has 0 radical (unpaired) electrons. The van der Waals surface area contributed by atoms with Crippen molar-refractivity contribution in [2.45, 2.75) is 222 Å². The zero-order chi connectivity index (χ0) is 51.8. The maximum Gasteiger partial charge on any atom is 0.316 e. The van der Waals surface area contributed by atoms with Crippen molar-refractivity contribution in [3.8, 4) is 0 Å². The number of rotatable bonds is 11. The Morgan fingerprint density at radius 3 is 2.11 bits per heavy atom. The molecule has 5 N–H and O–H groups in total. The van der Waals surface area contributed by atoms with Gasteiger partial charge in [0.2, 0.25) is 0 Å². The summed E-state index contributed by atoms with van der Waals surface area (Å²) < 4.78 is 76.8. The SMILES string of the molecule is CCC(C)C1OC2(C=CC1C)CC1CC(CC=C(C)C(OC3CC(OC)C(OC4CC(OC)C(OC5CC(O)C(O)C(CO)O5)C(C)O4)C(C)O3)C(C)C=CC=C3COC4C(O)C(C)=CC(C(=O)O1)C34O)O2. The Morgan fingerprint density at radius 1 is 0.819 bits per heavy atom. The Hall–Kier alpha value is -2.47. The Labute approximate surface area is 424 Å². The van der Waals surface area contributed by atoms with Gasteiger partial charge in [-0.25, -0.2) is 0 Å². The predicted molar refractivity (Wildman–Crippen MR) is 259 cm³/mol. The maximum atomic E-state index is 14.4. The van der Waals surface area contributed by atoms with Gasteiger partial charge in [0, 0.05) is 58.2 Å². The number of aliphatic hydroxyl groups is 5. The number of ether oxygens (including phenoxy) is 12. The lowest BCUT2D eigenvalue weighted by molar-refractivity contribution is -0.339. The topological polar surface area (TPSA) is 229 Å². The van der Waals surface area contributed by atoms with Crippen LogP contribution in [0.4, 0.5) is 0 Å². The van der Waals surface area contributed by atoms with Crippen molar-refractivity contribution in [1.29, 1.82) is 0 Å². The number of hydrogen-bond acceptors (Lipinski definition) is 18. The summed E-state index contributed by atoms with van der Waals surface area (Å²) in [5, 5.41) is 54.1. The maximum absolute atomic E-state index is 14.4. The molecule has 406 valence electrons. The normalized spacial score (nSPS) is 47.5. The molecule has 2 bridgehead atoms. The van der Waals surface area contributed by atoms with Gasteiger partial charge in [0.25, 0.3) is 0 Å². The molecule has 1 spiro atoms. The first kappa shape index (κ1) is 55.8. The summed E-state index contributed by atoms with van der Waals surface area (Å²) in [7, 11) is 3.20. The van der Waals surface area contributed by atoms with Crippen molar-refractivity contribution in [2.75, 3.05) is 27.4 Å².